The van der Waals surface area contributed by atoms with Crippen LogP contribution in [-0.2, 0) is 4.74 Å². The lowest BCUT2D eigenvalue weighted by Crippen LogP contribution is -2.28. The number of nitrogens with zero attached hydrogens (tertiary/aromatic N) is 1. The van der Waals surface area contributed by atoms with Crippen molar-refractivity contribution < 1.29 is 9.53 Å². The van der Waals surface area contributed by atoms with E-state index in [1.807, 2.05) is 0 Å². The zero-order chi connectivity index (χ0) is 21.1. The smallest absolute Gasteiger partial charge is 0.427 e. The molecule has 4 rings (SSSR count). The van der Waals surface area contributed by atoms with Crippen LogP contribution in [0.3, 0.4) is 0 Å². The quantitative estimate of drug-likeness (QED) is 0.591. The molecule has 0 spiro atoms. The van der Waals surface area contributed by atoms with Crippen molar-refractivity contribution >= 4 is 11.8 Å². The molecule has 0 bridgehead atoms. The fourth-order valence-electron chi connectivity index (χ4n) is 4.93. The van der Waals surface area contributed by atoms with Gasteiger partial charge in [-0.05, 0) is 65.7 Å². The van der Waals surface area contributed by atoms with Gasteiger partial charge in [-0.25, -0.2) is 10.2 Å². The first-order valence-electron chi connectivity index (χ1n) is 11.1. The number of rotatable bonds is 4. The minimum absolute atomic E-state index is 0.268. The molecule has 2 aromatic rings. The average molecular weight is 405 g/mol. The predicted molar refractivity (Wildman–Crippen MR) is 122 cm³/mol. The Morgan fingerprint density at radius 3 is 2.13 bits per heavy atom. The molecule has 0 aromatic heterocycles. The molecule has 0 atom stereocenters. The molecule has 0 heterocycles. The van der Waals surface area contributed by atoms with Gasteiger partial charge in [-0.15, -0.1) is 0 Å². The van der Waals surface area contributed by atoms with Gasteiger partial charge in [0.25, 0.3) is 0 Å². The second-order valence-corrected chi connectivity index (χ2v) is 9.58. The molecule has 4 heteroatoms. The monoisotopic (exact) mass is 404 g/mol. The van der Waals surface area contributed by atoms with Crippen molar-refractivity contribution in [1.29, 1.82) is 0 Å². The topological polar surface area (TPSA) is 50.7 Å². The lowest BCUT2D eigenvalue weighted by atomic mass is 9.72. The molecule has 2 aromatic carbocycles. The molecule has 0 radical (unpaired) electrons. The van der Waals surface area contributed by atoms with E-state index in [4.69, 9.17) is 4.74 Å². The van der Waals surface area contributed by atoms with Crippen LogP contribution in [0, 0.1) is 11.3 Å². The Labute approximate surface area is 179 Å². The maximum absolute atomic E-state index is 12.1. The van der Waals surface area contributed by atoms with E-state index >= 15 is 0 Å². The summed E-state index contributed by atoms with van der Waals surface area (Å²) < 4.78 is 5.44. The van der Waals surface area contributed by atoms with Crippen molar-refractivity contribution in [3.8, 4) is 11.1 Å². The van der Waals surface area contributed by atoms with Gasteiger partial charge >= 0.3 is 6.09 Å². The van der Waals surface area contributed by atoms with Gasteiger partial charge in [0.2, 0.25) is 0 Å². The standard InChI is InChI=1S/C26H32N2O2/c1-26(2,3)18-12-14-19(15-13-18)27-28-25(29)30-17-16-24-22-10-6-4-8-20(22)21-9-5-7-11-23(21)24/h4-11,18,24H,12-17H2,1-3H3,(H,28,29). The van der Waals surface area contributed by atoms with E-state index < -0.39 is 6.09 Å². The summed E-state index contributed by atoms with van der Waals surface area (Å²) in [4.78, 5) is 12.1. The number of hydrogen-bond acceptors (Lipinski definition) is 3. The SMILES string of the molecule is CC(C)(C)C1CCC(=NNC(=O)OCCC2c3ccccc3-c3ccccc32)CC1. The summed E-state index contributed by atoms with van der Waals surface area (Å²) in [6, 6.07) is 17.0. The predicted octanol–water partition coefficient (Wildman–Crippen LogP) is 6.51. The van der Waals surface area contributed by atoms with Crippen molar-refractivity contribution in [2.75, 3.05) is 6.61 Å². The second-order valence-electron chi connectivity index (χ2n) is 9.58. The van der Waals surface area contributed by atoms with E-state index in [1.54, 1.807) is 0 Å². The van der Waals surface area contributed by atoms with Crippen LogP contribution in [0.15, 0.2) is 53.6 Å². The Morgan fingerprint density at radius 2 is 1.57 bits per heavy atom. The molecular formula is C26H32N2O2. The number of ether oxygens (including phenoxy) is 1. The minimum Gasteiger partial charge on any atom is -0.448 e. The normalized spacial score (nSPS) is 18.5. The summed E-state index contributed by atoms with van der Waals surface area (Å²) in [5, 5.41) is 4.31. The van der Waals surface area contributed by atoms with Gasteiger partial charge < -0.3 is 4.74 Å². The number of hydrazone groups is 1. The number of nitrogens with one attached hydrogen (secondary N) is 1. The highest BCUT2D eigenvalue weighted by atomic mass is 16.5. The maximum Gasteiger partial charge on any atom is 0.427 e. The third-order valence-corrected chi connectivity index (χ3v) is 6.70. The fraction of sp³-hybridized carbons (Fsp3) is 0.462. The Balaban J connectivity index is 1.28. The van der Waals surface area contributed by atoms with Crippen LogP contribution < -0.4 is 5.43 Å². The van der Waals surface area contributed by atoms with Crippen LogP contribution in [0.2, 0.25) is 0 Å². The second kappa shape index (κ2) is 8.63. The highest BCUT2D eigenvalue weighted by Gasteiger charge is 2.29. The maximum atomic E-state index is 12.1. The van der Waals surface area contributed by atoms with Crippen LogP contribution in [-0.4, -0.2) is 18.4 Å². The van der Waals surface area contributed by atoms with E-state index in [2.05, 4.69) is 79.8 Å². The van der Waals surface area contributed by atoms with Gasteiger partial charge in [-0.3, -0.25) is 0 Å². The minimum atomic E-state index is -0.458. The van der Waals surface area contributed by atoms with Crippen LogP contribution in [0.4, 0.5) is 4.79 Å². The molecule has 0 saturated heterocycles. The van der Waals surface area contributed by atoms with E-state index in [0.29, 0.717) is 12.0 Å². The van der Waals surface area contributed by atoms with Crippen molar-refractivity contribution in [1.82, 2.24) is 5.43 Å². The van der Waals surface area contributed by atoms with E-state index in [1.165, 1.54) is 22.3 Å². The van der Waals surface area contributed by atoms with Crippen molar-refractivity contribution in [3.63, 3.8) is 0 Å². The molecule has 158 valence electrons. The molecule has 4 nitrogen and oxygen atoms in total. The average Bonchev–Trinajstić information content (AvgIpc) is 3.06. The fourth-order valence-corrected chi connectivity index (χ4v) is 4.93. The third kappa shape index (κ3) is 4.43. The lowest BCUT2D eigenvalue weighted by Gasteiger charge is -2.34. The van der Waals surface area contributed by atoms with Gasteiger partial charge in [-0.1, -0.05) is 69.3 Å². The van der Waals surface area contributed by atoms with Gasteiger partial charge in [0.05, 0.1) is 6.61 Å². The first kappa shape index (κ1) is 20.6. The largest absolute Gasteiger partial charge is 0.448 e. The Bertz CT molecular complexity index is 887. The molecule has 2 aliphatic carbocycles. The molecule has 1 N–H and O–H groups in total. The van der Waals surface area contributed by atoms with E-state index in [9.17, 15) is 4.79 Å². The molecule has 1 amide bonds. The van der Waals surface area contributed by atoms with Crippen LogP contribution in [0.25, 0.3) is 11.1 Å². The van der Waals surface area contributed by atoms with Crippen molar-refractivity contribution in [3.05, 3.63) is 59.7 Å². The number of benzene rings is 2. The highest BCUT2D eigenvalue weighted by Crippen LogP contribution is 2.46. The van der Waals surface area contributed by atoms with Crippen molar-refractivity contribution in [2.45, 2.75) is 58.8 Å². The number of carbonyl (C=O) groups excluding carboxylic acids is 1. The van der Waals surface area contributed by atoms with Crippen LogP contribution in [0.1, 0.15) is 69.9 Å². The zero-order valence-electron chi connectivity index (χ0n) is 18.3. The Morgan fingerprint density at radius 1 is 1.00 bits per heavy atom. The first-order valence-corrected chi connectivity index (χ1v) is 11.1. The zero-order valence-corrected chi connectivity index (χ0v) is 18.3. The molecule has 0 aliphatic heterocycles. The molecule has 1 fully saturated rings. The molecular weight excluding hydrogens is 372 g/mol. The van der Waals surface area contributed by atoms with Gasteiger partial charge in [0.1, 0.15) is 0 Å². The number of hydrogen-bond donors (Lipinski definition) is 1. The third-order valence-electron chi connectivity index (χ3n) is 6.70. The number of fused-ring (bicyclic) bond motifs is 3. The summed E-state index contributed by atoms with van der Waals surface area (Å²) in [6.07, 6.45) is 4.50. The van der Waals surface area contributed by atoms with Gasteiger partial charge in [0.15, 0.2) is 0 Å². The summed E-state index contributed by atoms with van der Waals surface area (Å²) >= 11 is 0. The summed E-state index contributed by atoms with van der Waals surface area (Å²) in [5.74, 6) is 0.991. The first-order chi connectivity index (χ1) is 14.4. The molecule has 30 heavy (non-hydrogen) atoms. The lowest BCUT2D eigenvalue weighted by molar-refractivity contribution is 0.143. The molecule has 2 aliphatic rings. The van der Waals surface area contributed by atoms with E-state index in [-0.39, 0.29) is 5.92 Å². The van der Waals surface area contributed by atoms with Gasteiger partial charge in [-0.2, -0.15) is 5.10 Å². The highest BCUT2D eigenvalue weighted by molar-refractivity contribution is 5.86. The summed E-state index contributed by atoms with van der Waals surface area (Å²) in [7, 11) is 0. The van der Waals surface area contributed by atoms with Crippen LogP contribution in [0.5, 0.6) is 0 Å². The van der Waals surface area contributed by atoms with E-state index in [0.717, 1.165) is 43.7 Å². The van der Waals surface area contributed by atoms with Gasteiger partial charge in [0, 0.05) is 11.6 Å². The Hall–Kier alpha value is -2.62. The molecule has 0 unspecified atom stereocenters. The summed E-state index contributed by atoms with van der Waals surface area (Å²) in [6.45, 7) is 7.28. The number of amides is 1. The number of carbonyl (C=O) groups is 1. The Kier molecular flexibility index (Phi) is 5.94. The van der Waals surface area contributed by atoms with Crippen molar-refractivity contribution in [2.24, 2.45) is 16.4 Å². The van der Waals surface area contributed by atoms with Crippen LogP contribution >= 0.6 is 0 Å². The summed E-state index contributed by atoms with van der Waals surface area (Å²) in [5.41, 5.74) is 9.23. The molecule has 1 saturated carbocycles.